The predicted octanol–water partition coefficient (Wildman–Crippen LogP) is 3.36. The van der Waals surface area contributed by atoms with E-state index in [2.05, 4.69) is 4.72 Å². The van der Waals surface area contributed by atoms with Crippen LogP contribution in [0.1, 0.15) is 5.56 Å². The molecule has 12 heteroatoms. The van der Waals surface area contributed by atoms with E-state index in [1.54, 1.807) is 47.4 Å². The standard InChI is InChI=1S/C28H29ClN4O6S/c1-40(36,37)30-23-4-2-3-5-24(23)31-12-14-32(15-13-31)28(35)25(16-20-6-8-21(29)9-7-20)33(18-34)22-10-11-26-27(17-22)39-19-38-26/h2-11,17-18,25,30H,12-16,19H2,1H3/t25-/m1/s1. The van der Waals surface area contributed by atoms with Crippen LogP contribution in [0.25, 0.3) is 0 Å². The van der Waals surface area contributed by atoms with Gasteiger partial charge in [-0.05, 0) is 42.0 Å². The number of nitrogens with zero attached hydrogens (tertiary/aromatic N) is 3. The van der Waals surface area contributed by atoms with Gasteiger partial charge in [0.1, 0.15) is 6.04 Å². The zero-order valence-corrected chi connectivity index (χ0v) is 23.4. The third-order valence-corrected chi connectivity index (χ3v) is 7.71. The van der Waals surface area contributed by atoms with Gasteiger partial charge in [0.25, 0.3) is 0 Å². The van der Waals surface area contributed by atoms with Crippen molar-refractivity contribution >= 4 is 51.0 Å². The summed E-state index contributed by atoms with van der Waals surface area (Å²) in [5.41, 5.74) is 2.61. The molecule has 2 heterocycles. The fraction of sp³-hybridized carbons (Fsp3) is 0.286. The lowest BCUT2D eigenvalue weighted by Gasteiger charge is -2.39. The summed E-state index contributed by atoms with van der Waals surface area (Å²) in [5.74, 6) is 0.899. The van der Waals surface area contributed by atoms with Crippen molar-refractivity contribution in [2.45, 2.75) is 12.5 Å². The summed E-state index contributed by atoms with van der Waals surface area (Å²) in [7, 11) is -3.45. The zero-order valence-electron chi connectivity index (χ0n) is 21.8. The van der Waals surface area contributed by atoms with Crippen LogP contribution in [0, 0.1) is 0 Å². The number of carbonyl (C=O) groups is 2. The second-order valence-corrected chi connectivity index (χ2v) is 11.8. The number of ether oxygens (including phenoxy) is 2. The van der Waals surface area contributed by atoms with E-state index in [0.29, 0.717) is 60.5 Å². The van der Waals surface area contributed by atoms with Crippen molar-refractivity contribution in [3.63, 3.8) is 0 Å². The topological polar surface area (TPSA) is 108 Å². The van der Waals surface area contributed by atoms with E-state index in [4.69, 9.17) is 21.1 Å². The molecule has 1 atom stereocenters. The van der Waals surface area contributed by atoms with Gasteiger partial charge in [0, 0.05) is 49.4 Å². The summed E-state index contributed by atoms with van der Waals surface area (Å²) < 4.78 is 37.2. The number of piperazine rings is 1. The number of sulfonamides is 1. The van der Waals surface area contributed by atoms with E-state index < -0.39 is 16.1 Å². The van der Waals surface area contributed by atoms with Crippen molar-refractivity contribution < 1.29 is 27.5 Å². The predicted molar refractivity (Wildman–Crippen MR) is 154 cm³/mol. The van der Waals surface area contributed by atoms with Crippen LogP contribution in [0.15, 0.2) is 66.7 Å². The molecule has 0 bridgehead atoms. The lowest BCUT2D eigenvalue weighted by Crippen LogP contribution is -2.55. The van der Waals surface area contributed by atoms with Gasteiger partial charge in [-0.2, -0.15) is 0 Å². The van der Waals surface area contributed by atoms with Crippen molar-refractivity contribution in [2.24, 2.45) is 0 Å². The van der Waals surface area contributed by atoms with Crippen LogP contribution in [-0.4, -0.2) is 70.9 Å². The Labute approximate surface area is 238 Å². The SMILES string of the molecule is CS(=O)(=O)Nc1ccccc1N1CCN(C(=O)[C@@H](Cc2ccc(Cl)cc2)N(C=O)c2ccc3c(c2)OCO3)CC1. The lowest BCUT2D eigenvalue weighted by atomic mass is 10.0. The van der Waals surface area contributed by atoms with Crippen molar-refractivity contribution in [1.82, 2.24) is 4.90 Å². The number of amides is 2. The maximum absolute atomic E-state index is 14.0. The summed E-state index contributed by atoms with van der Waals surface area (Å²) in [6.07, 6.45) is 2.06. The number of rotatable bonds is 9. The third kappa shape index (κ3) is 6.26. The highest BCUT2D eigenvalue weighted by atomic mass is 35.5. The molecule has 2 amide bonds. The molecule has 5 rings (SSSR count). The van der Waals surface area contributed by atoms with Crippen molar-refractivity contribution in [2.75, 3.05) is 53.7 Å². The second-order valence-electron chi connectivity index (χ2n) is 9.60. The molecule has 3 aromatic rings. The molecular weight excluding hydrogens is 556 g/mol. The molecule has 2 aliphatic rings. The number of hydrogen-bond donors (Lipinski definition) is 1. The Kier molecular flexibility index (Phi) is 8.04. The molecule has 0 saturated carbocycles. The van der Waals surface area contributed by atoms with Gasteiger partial charge < -0.3 is 24.2 Å². The number of halogens is 1. The van der Waals surface area contributed by atoms with Crippen LogP contribution in [0.3, 0.4) is 0 Å². The first-order valence-electron chi connectivity index (χ1n) is 12.7. The maximum Gasteiger partial charge on any atom is 0.246 e. The number of hydrogen-bond acceptors (Lipinski definition) is 7. The number of para-hydroxylation sites is 2. The van der Waals surface area contributed by atoms with Crippen LogP contribution in [0.4, 0.5) is 17.1 Å². The van der Waals surface area contributed by atoms with Crippen molar-refractivity contribution in [3.8, 4) is 11.5 Å². The molecule has 40 heavy (non-hydrogen) atoms. The van der Waals surface area contributed by atoms with E-state index in [1.807, 2.05) is 29.2 Å². The Morgan fingerprint density at radius 3 is 2.42 bits per heavy atom. The fourth-order valence-corrected chi connectivity index (χ4v) is 5.62. The minimum absolute atomic E-state index is 0.0973. The molecule has 1 fully saturated rings. The molecule has 0 aromatic heterocycles. The third-order valence-electron chi connectivity index (χ3n) is 6.86. The van der Waals surface area contributed by atoms with Crippen LogP contribution >= 0.6 is 11.6 Å². The summed E-state index contributed by atoms with van der Waals surface area (Å²) in [5, 5.41) is 0.580. The van der Waals surface area contributed by atoms with Crippen LogP contribution in [0.2, 0.25) is 5.02 Å². The molecule has 0 spiro atoms. The highest BCUT2D eigenvalue weighted by molar-refractivity contribution is 7.92. The molecular formula is C28H29ClN4O6S. The molecule has 1 saturated heterocycles. The number of fused-ring (bicyclic) bond motifs is 1. The quantitative estimate of drug-likeness (QED) is 0.384. The van der Waals surface area contributed by atoms with Gasteiger partial charge in [-0.15, -0.1) is 0 Å². The summed E-state index contributed by atoms with van der Waals surface area (Å²) in [6, 6.07) is 18.7. The van der Waals surface area contributed by atoms with Gasteiger partial charge in [0.2, 0.25) is 29.1 Å². The van der Waals surface area contributed by atoms with E-state index in [9.17, 15) is 18.0 Å². The summed E-state index contributed by atoms with van der Waals surface area (Å²) in [6.45, 7) is 1.88. The minimum atomic E-state index is -3.45. The van der Waals surface area contributed by atoms with Gasteiger partial charge in [-0.1, -0.05) is 35.9 Å². The molecule has 10 nitrogen and oxygen atoms in total. The van der Waals surface area contributed by atoms with Gasteiger partial charge in [0.05, 0.1) is 17.6 Å². The number of carbonyl (C=O) groups excluding carboxylic acids is 2. The van der Waals surface area contributed by atoms with Gasteiger partial charge in [-0.3, -0.25) is 14.3 Å². The van der Waals surface area contributed by atoms with Gasteiger partial charge in [-0.25, -0.2) is 8.42 Å². The number of benzene rings is 3. The molecule has 0 aliphatic carbocycles. The Bertz CT molecular complexity index is 1490. The first-order valence-corrected chi connectivity index (χ1v) is 15.0. The lowest BCUT2D eigenvalue weighted by molar-refractivity contribution is -0.133. The maximum atomic E-state index is 14.0. The zero-order chi connectivity index (χ0) is 28.3. The largest absolute Gasteiger partial charge is 0.454 e. The van der Waals surface area contributed by atoms with E-state index in [-0.39, 0.29) is 19.1 Å². The Morgan fingerprint density at radius 2 is 1.73 bits per heavy atom. The van der Waals surface area contributed by atoms with E-state index in [0.717, 1.165) is 17.5 Å². The van der Waals surface area contributed by atoms with E-state index in [1.165, 1.54) is 4.90 Å². The van der Waals surface area contributed by atoms with Crippen LogP contribution in [-0.2, 0) is 26.0 Å². The monoisotopic (exact) mass is 584 g/mol. The molecule has 3 aromatic carbocycles. The molecule has 2 aliphatic heterocycles. The average Bonchev–Trinajstić information content (AvgIpc) is 3.41. The first-order chi connectivity index (χ1) is 19.2. The molecule has 0 unspecified atom stereocenters. The highest BCUT2D eigenvalue weighted by Crippen LogP contribution is 2.36. The van der Waals surface area contributed by atoms with Crippen molar-refractivity contribution in [3.05, 3.63) is 77.3 Å². The van der Waals surface area contributed by atoms with Crippen molar-refractivity contribution in [1.29, 1.82) is 0 Å². The number of nitrogens with one attached hydrogen (secondary N) is 1. The first kappa shape index (κ1) is 27.6. The smallest absolute Gasteiger partial charge is 0.246 e. The van der Waals surface area contributed by atoms with E-state index >= 15 is 0 Å². The minimum Gasteiger partial charge on any atom is -0.454 e. The molecule has 1 N–H and O–H groups in total. The Morgan fingerprint density at radius 1 is 1.02 bits per heavy atom. The highest BCUT2D eigenvalue weighted by Gasteiger charge is 2.33. The van der Waals surface area contributed by atoms with Crippen LogP contribution in [0.5, 0.6) is 11.5 Å². The van der Waals surface area contributed by atoms with Gasteiger partial charge in [0.15, 0.2) is 11.5 Å². The molecule has 210 valence electrons. The molecule has 0 radical (unpaired) electrons. The van der Waals surface area contributed by atoms with Gasteiger partial charge >= 0.3 is 0 Å². The Hall–Kier alpha value is -3.96. The Balaban J connectivity index is 1.37. The van der Waals surface area contributed by atoms with Crippen LogP contribution < -0.4 is 24.0 Å². The second kappa shape index (κ2) is 11.6. The summed E-state index contributed by atoms with van der Waals surface area (Å²) >= 11 is 6.07. The fourth-order valence-electron chi connectivity index (χ4n) is 4.92. The number of anilines is 3. The summed E-state index contributed by atoms with van der Waals surface area (Å²) in [4.78, 5) is 31.7. The average molecular weight is 585 g/mol. The normalized spacial score (nSPS) is 15.4.